The molecule has 0 amide bonds. The highest BCUT2D eigenvalue weighted by Crippen LogP contribution is 2.19. The smallest absolute Gasteiger partial charge is 0.0934 e. The van der Waals surface area contributed by atoms with Crippen LogP contribution >= 0.6 is 22.9 Å². The van der Waals surface area contributed by atoms with Gasteiger partial charge in [0.1, 0.15) is 0 Å². The predicted octanol–water partition coefficient (Wildman–Crippen LogP) is 3.35. The molecule has 0 saturated heterocycles. The molecule has 1 heterocycles. The van der Waals surface area contributed by atoms with E-state index in [0.717, 1.165) is 28.6 Å². The summed E-state index contributed by atoms with van der Waals surface area (Å²) in [4.78, 5) is 5.72. The van der Waals surface area contributed by atoms with Crippen LogP contribution in [0.1, 0.15) is 21.1 Å². The molecule has 17 heavy (non-hydrogen) atoms. The fourth-order valence-corrected chi connectivity index (χ4v) is 2.76. The number of hydrogen-bond acceptors (Lipinski definition) is 3. The lowest BCUT2D eigenvalue weighted by molar-refractivity contribution is 0.933. The summed E-state index contributed by atoms with van der Waals surface area (Å²) in [5, 5.41) is 1.95. The van der Waals surface area contributed by atoms with Gasteiger partial charge in [-0.1, -0.05) is 23.7 Å². The molecule has 0 radical (unpaired) electrons. The second-order valence-electron chi connectivity index (χ2n) is 3.95. The van der Waals surface area contributed by atoms with E-state index in [1.165, 1.54) is 10.4 Å². The van der Waals surface area contributed by atoms with Gasteiger partial charge in [0.15, 0.2) is 0 Å². The van der Waals surface area contributed by atoms with Gasteiger partial charge >= 0.3 is 0 Å². The van der Waals surface area contributed by atoms with Crippen molar-refractivity contribution in [3.8, 4) is 0 Å². The summed E-state index contributed by atoms with van der Waals surface area (Å²) in [6, 6.07) is 7.98. The van der Waals surface area contributed by atoms with E-state index in [1.54, 1.807) is 11.3 Å². The molecule has 0 fully saturated rings. The summed E-state index contributed by atoms with van der Waals surface area (Å²) in [5.74, 6) is 0. The SMILES string of the molecule is Cc1nc(CCc2ccc(Cl)cc2)sc1CN. The van der Waals surface area contributed by atoms with Gasteiger partial charge in [-0.3, -0.25) is 0 Å². The molecule has 90 valence electrons. The number of aromatic nitrogens is 1. The zero-order valence-electron chi connectivity index (χ0n) is 9.74. The molecule has 0 bridgehead atoms. The molecule has 0 saturated carbocycles. The number of halogens is 1. The lowest BCUT2D eigenvalue weighted by atomic mass is 10.1. The van der Waals surface area contributed by atoms with E-state index in [1.807, 2.05) is 19.1 Å². The maximum Gasteiger partial charge on any atom is 0.0934 e. The third-order valence-corrected chi connectivity index (χ3v) is 4.15. The van der Waals surface area contributed by atoms with Crippen LogP contribution in [-0.4, -0.2) is 4.98 Å². The number of nitrogens with two attached hydrogens (primary N) is 1. The lowest BCUT2D eigenvalue weighted by Gasteiger charge is -1.99. The van der Waals surface area contributed by atoms with E-state index in [-0.39, 0.29) is 0 Å². The summed E-state index contributed by atoms with van der Waals surface area (Å²) < 4.78 is 0. The molecule has 2 nitrogen and oxygen atoms in total. The van der Waals surface area contributed by atoms with Gasteiger partial charge in [0.25, 0.3) is 0 Å². The van der Waals surface area contributed by atoms with Crippen LogP contribution in [-0.2, 0) is 19.4 Å². The third-order valence-electron chi connectivity index (χ3n) is 2.66. The summed E-state index contributed by atoms with van der Waals surface area (Å²) in [6.07, 6.45) is 1.96. The first-order valence-corrected chi connectivity index (χ1v) is 6.78. The Kier molecular flexibility index (Phi) is 4.15. The number of benzene rings is 1. The van der Waals surface area contributed by atoms with Crippen molar-refractivity contribution in [1.82, 2.24) is 4.98 Å². The molecule has 1 aromatic carbocycles. The van der Waals surface area contributed by atoms with E-state index in [4.69, 9.17) is 17.3 Å². The Hall–Kier alpha value is -0.900. The standard InChI is InChI=1S/C13H15ClN2S/c1-9-12(8-15)17-13(16-9)7-4-10-2-5-11(14)6-3-10/h2-3,5-6H,4,7-8,15H2,1H3. The van der Waals surface area contributed by atoms with Crippen LogP contribution in [0.15, 0.2) is 24.3 Å². The van der Waals surface area contributed by atoms with E-state index in [9.17, 15) is 0 Å². The highest BCUT2D eigenvalue weighted by atomic mass is 35.5. The molecular formula is C13H15ClN2S. The molecule has 0 aliphatic carbocycles. The summed E-state index contributed by atoms with van der Waals surface area (Å²) in [7, 11) is 0. The molecular weight excluding hydrogens is 252 g/mol. The predicted molar refractivity (Wildman–Crippen MR) is 73.6 cm³/mol. The van der Waals surface area contributed by atoms with Crippen molar-refractivity contribution in [2.24, 2.45) is 5.73 Å². The molecule has 0 atom stereocenters. The Bertz CT molecular complexity index is 491. The van der Waals surface area contributed by atoms with Crippen molar-refractivity contribution in [3.05, 3.63) is 50.4 Å². The molecule has 2 rings (SSSR count). The van der Waals surface area contributed by atoms with Crippen molar-refractivity contribution in [2.45, 2.75) is 26.3 Å². The quantitative estimate of drug-likeness (QED) is 0.922. The van der Waals surface area contributed by atoms with Crippen LogP contribution in [0.3, 0.4) is 0 Å². The molecule has 0 aliphatic heterocycles. The first kappa shape index (κ1) is 12.6. The molecule has 4 heteroatoms. The number of aryl methyl sites for hydroxylation is 3. The highest BCUT2D eigenvalue weighted by Gasteiger charge is 2.06. The maximum absolute atomic E-state index is 5.85. The van der Waals surface area contributed by atoms with Gasteiger partial charge in [0, 0.05) is 22.9 Å². The maximum atomic E-state index is 5.85. The summed E-state index contributed by atoms with van der Waals surface area (Å²) in [5.41, 5.74) is 8.00. The topological polar surface area (TPSA) is 38.9 Å². The van der Waals surface area contributed by atoms with Crippen LogP contribution in [0.5, 0.6) is 0 Å². The van der Waals surface area contributed by atoms with E-state index in [0.29, 0.717) is 6.54 Å². The van der Waals surface area contributed by atoms with Gasteiger partial charge in [-0.25, -0.2) is 4.98 Å². The summed E-state index contributed by atoms with van der Waals surface area (Å²) >= 11 is 7.57. The Morgan fingerprint density at radius 2 is 1.94 bits per heavy atom. The zero-order valence-corrected chi connectivity index (χ0v) is 11.3. The molecule has 0 unspecified atom stereocenters. The van der Waals surface area contributed by atoms with Crippen LogP contribution in [0.2, 0.25) is 5.02 Å². The number of thiazole rings is 1. The number of rotatable bonds is 4. The zero-order chi connectivity index (χ0) is 12.3. The van der Waals surface area contributed by atoms with Gasteiger partial charge in [-0.2, -0.15) is 0 Å². The van der Waals surface area contributed by atoms with Crippen LogP contribution in [0.4, 0.5) is 0 Å². The number of hydrogen-bond donors (Lipinski definition) is 1. The average Bonchev–Trinajstić information content (AvgIpc) is 2.69. The third kappa shape index (κ3) is 3.28. The molecule has 0 aliphatic rings. The first-order chi connectivity index (χ1) is 8.19. The second-order valence-corrected chi connectivity index (χ2v) is 5.55. The molecule has 0 spiro atoms. The van der Waals surface area contributed by atoms with Crippen molar-refractivity contribution in [2.75, 3.05) is 0 Å². The first-order valence-electron chi connectivity index (χ1n) is 5.58. The largest absolute Gasteiger partial charge is 0.326 e. The van der Waals surface area contributed by atoms with Gasteiger partial charge in [0.2, 0.25) is 0 Å². The highest BCUT2D eigenvalue weighted by molar-refractivity contribution is 7.11. The molecule has 1 aromatic heterocycles. The van der Waals surface area contributed by atoms with Gasteiger partial charge < -0.3 is 5.73 Å². The minimum Gasteiger partial charge on any atom is -0.326 e. The number of nitrogens with zero attached hydrogens (tertiary/aromatic N) is 1. The monoisotopic (exact) mass is 266 g/mol. The van der Waals surface area contributed by atoms with Crippen molar-refractivity contribution >= 4 is 22.9 Å². The normalized spacial score (nSPS) is 10.8. The Morgan fingerprint density at radius 3 is 2.53 bits per heavy atom. The Balaban J connectivity index is 1.99. The fraction of sp³-hybridized carbons (Fsp3) is 0.308. The van der Waals surface area contributed by atoms with Crippen molar-refractivity contribution in [3.63, 3.8) is 0 Å². The van der Waals surface area contributed by atoms with Crippen LogP contribution < -0.4 is 5.73 Å². The summed E-state index contributed by atoms with van der Waals surface area (Å²) in [6.45, 7) is 2.61. The van der Waals surface area contributed by atoms with E-state index in [2.05, 4.69) is 17.1 Å². The average molecular weight is 267 g/mol. The lowest BCUT2D eigenvalue weighted by Crippen LogP contribution is -1.94. The van der Waals surface area contributed by atoms with Crippen LogP contribution in [0, 0.1) is 6.92 Å². The Labute approximate surface area is 110 Å². The second kappa shape index (κ2) is 5.63. The fourth-order valence-electron chi connectivity index (χ4n) is 1.69. The van der Waals surface area contributed by atoms with Crippen LogP contribution in [0.25, 0.3) is 0 Å². The van der Waals surface area contributed by atoms with E-state index >= 15 is 0 Å². The minimum atomic E-state index is 0.588. The Morgan fingerprint density at radius 1 is 1.24 bits per heavy atom. The van der Waals surface area contributed by atoms with Crippen molar-refractivity contribution in [1.29, 1.82) is 0 Å². The van der Waals surface area contributed by atoms with E-state index < -0.39 is 0 Å². The van der Waals surface area contributed by atoms with Gasteiger partial charge in [0.05, 0.1) is 10.7 Å². The van der Waals surface area contributed by atoms with Gasteiger partial charge in [-0.15, -0.1) is 11.3 Å². The van der Waals surface area contributed by atoms with Gasteiger partial charge in [-0.05, 0) is 31.0 Å². The van der Waals surface area contributed by atoms with Crippen molar-refractivity contribution < 1.29 is 0 Å². The molecule has 2 aromatic rings. The molecule has 2 N–H and O–H groups in total. The minimum absolute atomic E-state index is 0.588.